The molecule has 0 unspecified atom stereocenters. The highest BCUT2D eigenvalue weighted by molar-refractivity contribution is 5.91. The van der Waals surface area contributed by atoms with Crippen molar-refractivity contribution in [3.05, 3.63) is 71.3 Å². The average molecular weight is 283 g/mol. The molecule has 3 nitrogen and oxygen atoms in total. The van der Waals surface area contributed by atoms with Crippen molar-refractivity contribution >= 4 is 5.97 Å². The minimum atomic E-state index is -0.262. The largest absolute Gasteiger partial charge is 0.462 e. The number of esters is 1. The van der Waals surface area contributed by atoms with E-state index in [9.17, 15) is 4.79 Å². The molecule has 0 heterocycles. The van der Waals surface area contributed by atoms with E-state index in [0.717, 1.165) is 5.56 Å². The van der Waals surface area contributed by atoms with E-state index in [4.69, 9.17) is 4.74 Å². The van der Waals surface area contributed by atoms with Crippen molar-refractivity contribution in [2.75, 3.05) is 6.61 Å². The van der Waals surface area contributed by atoms with E-state index in [1.807, 2.05) is 49.4 Å². The van der Waals surface area contributed by atoms with Crippen LogP contribution in [0.3, 0.4) is 0 Å². The van der Waals surface area contributed by atoms with Crippen LogP contribution in [-0.4, -0.2) is 12.6 Å². The number of nitrogens with one attached hydrogen (secondary N) is 1. The lowest BCUT2D eigenvalue weighted by Crippen LogP contribution is -2.20. The Hall–Kier alpha value is -2.13. The van der Waals surface area contributed by atoms with Gasteiger partial charge in [0.05, 0.1) is 12.2 Å². The van der Waals surface area contributed by atoms with Crippen LogP contribution in [0, 0.1) is 0 Å². The molecule has 0 aliphatic heterocycles. The van der Waals surface area contributed by atoms with Crippen LogP contribution >= 0.6 is 0 Å². The number of hydrogen-bond donors (Lipinski definition) is 1. The zero-order valence-corrected chi connectivity index (χ0v) is 12.5. The van der Waals surface area contributed by atoms with Crippen molar-refractivity contribution in [2.24, 2.45) is 0 Å². The van der Waals surface area contributed by atoms with E-state index in [1.54, 1.807) is 0 Å². The van der Waals surface area contributed by atoms with Crippen molar-refractivity contribution < 1.29 is 9.53 Å². The lowest BCUT2D eigenvalue weighted by atomic mass is 10.1. The van der Waals surface area contributed by atoms with Gasteiger partial charge in [-0.15, -0.1) is 0 Å². The quantitative estimate of drug-likeness (QED) is 0.821. The van der Waals surface area contributed by atoms with Gasteiger partial charge in [0.1, 0.15) is 0 Å². The summed E-state index contributed by atoms with van der Waals surface area (Å²) in [5, 5.41) is 3.44. The fourth-order valence-electron chi connectivity index (χ4n) is 2.21. The molecule has 1 atom stereocenters. The second-order valence-electron chi connectivity index (χ2n) is 4.89. The van der Waals surface area contributed by atoms with E-state index in [0.29, 0.717) is 18.7 Å². The molecule has 0 amide bonds. The van der Waals surface area contributed by atoms with Gasteiger partial charge in [-0.3, -0.25) is 0 Å². The van der Waals surface area contributed by atoms with Crippen LogP contribution in [0.5, 0.6) is 0 Å². The summed E-state index contributed by atoms with van der Waals surface area (Å²) in [6, 6.07) is 18.0. The molecular formula is C18H21NO2. The van der Waals surface area contributed by atoms with E-state index in [2.05, 4.69) is 24.4 Å². The Labute approximate surface area is 126 Å². The Balaban J connectivity index is 2.05. The van der Waals surface area contributed by atoms with Crippen LogP contribution in [0.4, 0.5) is 0 Å². The molecule has 110 valence electrons. The first-order valence-electron chi connectivity index (χ1n) is 7.25. The molecule has 0 radical (unpaired) electrons. The van der Waals surface area contributed by atoms with E-state index >= 15 is 0 Å². The lowest BCUT2D eigenvalue weighted by molar-refractivity contribution is 0.0525. The summed E-state index contributed by atoms with van der Waals surface area (Å²) in [6.07, 6.45) is 0. The Morgan fingerprint density at radius 1 is 1.10 bits per heavy atom. The predicted molar refractivity (Wildman–Crippen MR) is 84.1 cm³/mol. The SMILES string of the molecule is CCOC(=O)c1ccccc1CN[C@@H](C)c1ccccc1. The first-order valence-corrected chi connectivity index (χ1v) is 7.25. The molecule has 0 aliphatic rings. The summed E-state index contributed by atoms with van der Waals surface area (Å²) in [5.41, 5.74) is 2.82. The van der Waals surface area contributed by atoms with Gasteiger partial charge in [-0.2, -0.15) is 0 Å². The summed E-state index contributed by atoms with van der Waals surface area (Å²) in [4.78, 5) is 11.9. The molecule has 2 aromatic carbocycles. The molecule has 0 fully saturated rings. The molecule has 0 saturated heterocycles. The molecular weight excluding hydrogens is 262 g/mol. The smallest absolute Gasteiger partial charge is 0.338 e. The third-order valence-corrected chi connectivity index (χ3v) is 3.41. The fraction of sp³-hybridized carbons (Fsp3) is 0.278. The molecule has 0 aromatic heterocycles. The predicted octanol–water partition coefficient (Wildman–Crippen LogP) is 3.71. The van der Waals surface area contributed by atoms with Gasteiger partial charge in [-0.1, -0.05) is 48.5 Å². The van der Waals surface area contributed by atoms with Gasteiger partial charge < -0.3 is 10.1 Å². The number of hydrogen-bond acceptors (Lipinski definition) is 3. The van der Waals surface area contributed by atoms with Gasteiger partial charge in [0, 0.05) is 12.6 Å². The molecule has 0 bridgehead atoms. The Bertz CT molecular complexity index is 581. The van der Waals surface area contributed by atoms with Gasteiger partial charge in [0.25, 0.3) is 0 Å². The molecule has 3 heteroatoms. The Kier molecular flexibility index (Phi) is 5.52. The minimum absolute atomic E-state index is 0.224. The highest BCUT2D eigenvalue weighted by Gasteiger charge is 2.12. The van der Waals surface area contributed by atoms with E-state index in [1.165, 1.54) is 5.56 Å². The number of benzene rings is 2. The molecule has 21 heavy (non-hydrogen) atoms. The topological polar surface area (TPSA) is 38.3 Å². The van der Waals surface area contributed by atoms with Gasteiger partial charge in [0.2, 0.25) is 0 Å². The summed E-state index contributed by atoms with van der Waals surface area (Å²) >= 11 is 0. The fourth-order valence-corrected chi connectivity index (χ4v) is 2.21. The molecule has 2 rings (SSSR count). The van der Waals surface area contributed by atoms with Gasteiger partial charge in [-0.05, 0) is 31.0 Å². The Morgan fingerprint density at radius 3 is 2.48 bits per heavy atom. The zero-order valence-electron chi connectivity index (χ0n) is 12.5. The molecule has 0 spiro atoms. The maximum absolute atomic E-state index is 11.9. The van der Waals surface area contributed by atoms with Crippen LogP contribution in [-0.2, 0) is 11.3 Å². The van der Waals surface area contributed by atoms with E-state index < -0.39 is 0 Å². The van der Waals surface area contributed by atoms with E-state index in [-0.39, 0.29) is 12.0 Å². The van der Waals surface area contributed by atoms with Crippen molar-refractivity contribution in [3.63, 3.8) is 0 Å². The number of carbonyl (C=O) groups excluding carboxylic acids is 1. The van der Waals surface area contributed by atoms with Crippen LogP contribution in [0.15, 0.2) is 54.6 Å². The third-order valence-electron chi connectivity index (χ3n) is 3.41. The third kappa shape index (κ3) is 4.17. The second-order valence-corrected chi connectivity index (χ2v) is 4.89. The standard InChI is InChI=1S/C18H21NO2/c1-3-21-18(20)17-12-8-7-11-16(17)13-19-14(2)15-9-5-4-6-10-15/h4-12,14,19H,3,13H2,1-2H3/t14-/m0/s1. The number of carbonyl (C=O) groups is 1. The highest BCUT2D eigenvalue weighted by Crippen LogP contribution is 2.15. The first kappa shape index (κ1) is 15.3. The number of ether oxygens (including phenoxy) is 1. The van der Waals surface area contributed by atoms with Crippen molar-refractivity contribution in [1.82, 2.24) is 5.32 Å². The molecule has 1 N–H and O–H groups in total. The van der Waals surface area contributed by atoms with Crippen molar-refractivity contribution in [3.8, 4) is 0 Å². The molecule has 0 aliphatic carbocycles. The Morgan fingerprint density at radius 2 is 1.76 bits per heavy atom. The highest BCUT2D eigenvalue weighted by atomic mass is 16.5. The maximum Gasteiger partial charge on any atom is 0.338 e. The monoisotopic (exact) mass is 283 g/mol. The second kappa shape index (κ2) is 7.60. The van der Waals surface area contributed by atoms with Crippen LogP contribution < -0.4 is 5.32 Å². The van der Waals surface area contributed by atoms with Gasteiger partial charge in [-0.25, -0.2) is 4.79 Å². The minimum Gasteiger partial charge on any atom is -0.462 e. The molecule has 2 aromatic rings. The number of rotatable bonds is 6. The summed E-state index contributed by atoms with van der Waals surface area (Å²) in [7, 11) is 0. The van der Waals surface area contributed by atoms with Crippen molar-refractivity contribution in [1.29, 1.82) is 0 Å². The van der Waals surface area contributed by atoms with Gasteiger partial charge in [0.15, 0.2) is 0 Å². The van der Waals surface area contributed by atoms with Gasteiger partial charge >= 0.3 is 5.97 Å². The summed E-state index contributed by atoms with van der Waals surface area (Å²) < 4.78 is 5.09. The molecule has 0 saturated carbocycles. The van der Waals surface area contributed by atoms with Crippen molar-refractivity contribution in [2.45, 2.75) is 26.4 Å². The van der Waals surface area contributed by atoms with Crippen LogP contribution in [0.1, 0.15) is 41.4 Å². The lowest BCUT2D eigenvalue weighted by Gasteiger charge is -2.15. The summed E-state index contributed by atoms with van der Waals surface area (Å²) in [6.45, 7) is 4.95. The van der Waals surface area contributed by atoms with Crippen LogP contribution in [0.25, 0.3) is 0 Å². The van der Waals surface area contributed by atoms with Crippen LogP contribution in [0.2, 0.25) is 0 Å². The average Bonchev–Trinajstić information content (AvgIpc) is 2.54. The maximum atomic E-state index is 11.9. The normalized spacial score (nSPS) is 11.9. The summed E-state index contributed by atoms with van der Waals surface area (Å²) in [5.74, 6) is -0.262. The zero-order chi connectivity index (χ0) is 15.1. The first-order chi connectivity index (χ1) is 10.2.